The van der Waals surface area contributed by atoms with Gasteiger partial charge in [0.05, 0.1) is 4.88 Å². The molecule has 0 radical (unpaired) electrons. The third-order valence-corrected chi connectivity index (χ3v) is 3.69. The molecule has 0 saturated heterocycles. The van der Waals surface area contributed by atoms with E-state index < -0.39 is 17.9 Å². The van der Waals surface area contributed by atoms with E-state index in [1.165, 1.54) is 18.3 Å². The number of thiophene rings is 1. The number of rotatable bonds is 4. The third-order valence-electron chi connectivity index (χ3n) is 2.82. The molecule has 1 heterocycles. The van der Waals surface area contributed by atoms with Gasteiger partial charge in [0.25, 0.3) is 17.7 Å². The van der Waals surface area contributed by atoms with Gasteiger partial charge in [-0.1, -0.05) is 24.3 Å². The third kappa shape index (κ3) is 4.16. The number of carbonyl (C=O) groups is 3. The van der Waals surface area contributed by atoms with Gasteiger partial charge in [-0.05, 0) is 30.5 Å². The van der Waals surface area contributed by atoms with Crippen LogP contribution in [0, 0.1) is 0 Å². The van der Waals surface area contributed by atoms with E-state index >= 15 is 0 Å². The first-order valence-electron chi connectivity index (χ1n) is 6.57. The van der Waals surface area contributed by atoms with Crippen LogP contribution in [-0.4, -0.2) is 23.8 Å². The molecule has 0 spiro atoms. The monoisotopic (exact) mass is 317 g/mol. The summed E-state index contributed by atoms with van der Waals surface area (Å²) in [5.41, 5.74) is 5.01. The number of hydrogen-bond acceptors (Lipinski definition) is 4. The highest BCUT2D eigenvalue weighted by atomic mass is 32.1. The first-order valence-corrected chi connectivity index (χ1v) is 7.45. The van der Waals surface area contributed by atoms with E-state index in [2.05, 4.69) is 16.2 Å². The molecule has 2 rings (SSSR count). The van der Waals surface area contributed by atoms with Crippen molar-refractivity contribution < 1.29 is 14.4 Å². The van der Waals surface area contributed by atoms with Gasteiger partial charge in [0.2, 0.25) is 0 Å². The van der Waals surface area contributed by atoms with Crippen molar-refractivity contribution in [3.05, 3.63) is 58.3 Å². The molecule has 3 amide bonds. The summed E-state index contributed by atoms with van der Waals surface area (Å²) in [5, 5.41) is 4.33. The van der Waals surface area contributed by atoms with Crippen LogP contribution in [-0.2, 0) is 4.79 Å². The molecule has 0 aliphatic rings. The van der Waals surface area contributed by atoms with Crippen molar-refractivity contribution in [1.82, 2.24) is 16.2 Å². The molecule has 1 atom stereocenters. The average Bonchev–Trinajstić information content (AvgIpc) is 3.07. The molecule has 114 valence electrons. The Kier molecular flexibility index (Phi) is 5.26. The van der Waals surface area contributed by atoms with Crippen LogP contribution in [0.15, 0.2) is 47.8 Å². The Labute approximate surface area is 131 Å². The summed E-state index contributed by atoms with van der Waals surface area (Å²) in [5.74, 6) is -1.26. The van der Waals surface area contributed by atoms with Gasteiger partial charge < -0.3 is 5.32 Å². The minimum Gasteiger partial charge on any atom is -0.340 e. The predicted molar refractivity (Wildman–Crippen MR) is 83.3 cm³/mol. The van der Waals surface area contributed by atoms with E-state index in [4.69, 9.17) is 0 Å². The van der Waals surface area contributed by atoms with Crippen molar-refractivity contribution in [2.75, 3.05) is 0 Å². The average molecular weight is 317 g/mol. The van der Waals surface area contributed by atoms with Crippen molar-refractivity contribution in [3.63, 3.8) is 0 Å². The molecule has 0 saturated carbocycles. The molecule has 0 fully saturated rings. The predicted octanol–water partition coefficient (Wildman–Crippen LogP) is 1.33. The van der Waals surface area contributed by atoms with Crippen LogP contribution in [0.5, 0.6) is 0 Å². The van der Waals surface area contributed by atoms with Gasteiger partial charge in [0, 0.05) is 5.56 Å². The highest BCUT2D eigenvalue weighted by molar-refractivity contribution is 7.12. The van der Waals surface area contributed by atoms with Crippen LogP contribution in [0.25, 0.3) is 0 Å². The molecule has 7 heteroatoms. The molecule has 1 unspecified atom stereocenters. The second-order valence-electron chi connectivity index (χ2n) is 4.48. The van der Waals surface area contributed by atoms with E-state index in [0.29, 0.717) is 10.4 Å². The fourth-order valence-corrected chi connectivity index (χ4v) is 2.26. The van der Waals surface area contributed by atoms with Gasteiger partial charge in [0.15, 0.2) is 0 Å². The van der Waals surface area contributed by atoms with Crippen molar-refractivity contribution >= 4 is 29.1 Å². The molecule has 0 bridgehead atoms. The van der Waals surface area contributed by atoms with Crippen LogP contribution < -0.4 is 16.2 Å². The smallest absolute Gasteiger partial charge is 0.269 e. The lowest BCUT2D eigenvalue weighted by molar-refractivity contribution is -0.123. The maximum Gasteiger partial charge on any atom is 0.269 e. The second kappa shape index (κ2) is 7.37. The van der Waals surface area contributed by atoms with E-state index in [-0.39, 0.29) is 5.91 Å². The van der Waals surface area contributed by atoms with Crippen molar-refractivity contribution in [2.45, 2.75) is 13.0 Å². The van der Waals surface area contributed by atoms with E-state index in [1.807, 2.05) is 0 Å². The van der Waals surface area contributed by atoms with Crippen molar-refractivity contribution in [1.29, 1.82) is 0 Å². The maximum absolute atomic E-state index is 11.8. The molecule has 22 heavy (non-hydrogen) atoms. The van der Waals surface area contributed by atoms with Crippen molar-refractivity contribution in [2.24, 2.45) is 0 Å². The summed E-state index contributed by atoms with van der Waals surface area (Å²) < 4.78 is 0. The molecule has 1 aromatic carbocycles. The standard InChI is InChI=1S/C15H15N3O3S/c1-10(16-15(21)12-8-5-9-22-12)13(19)17-18-14(20)11-6-3-2-4-7-11/h2-10H,1H3,(H,16,21)(H,17,19)(H,18,20). The summed E-state index contributed by atoms with van der Waals surface area (Å²) >= 11 is 1.29. The summed E-state index contributed by atoms with van der Waals surface area (Å²) in [6.07, 6.45) is 0. The largest absolute Gasteiger partial charge is 0.340 e. The summed E-state index contributed by atoms with van der Waals surface area (Å²) in [7, 11) is 0. The van der Waals surface area contributed by atoms with Crippen LogP contribution in [0.2, 0.25) is 0 Å². The van der Waals surface area contributed by atoms with Crippen molar-refractivity contribution in [3.8, 4) is 0 Å². The summed E-state index contributed by atoms with van der Waals surface area (Å²) in [6.45, 7) is 1.54. The van der Waals surface area contributed by atoms with Gasteiger partial charge in [-0.2, -0.15) is 0 Å². The fourth-order valence-electron chi connectivity index (χ4n) is 1.63. The number of amides is 3. The van der Waals surface area contributed by atoms with Crippen LogP contribution in [0.3, 0.4) is 0 Å². The molecular formula is C15H15N3O3S. The Morgan fingerprint density at radius 1 is 0.955 bits per heavy atom. The van der Waals surface area contributed by atoms with Crippen LogP contribution in [0.4, 0.5) is 0 Å². The lowest BCUT2D eigenvalue weighted by atomic mass is 10.2. The Balaban J connectivity index is 1.82. The Morgan fingerprint density at radius 3 is 2.32 bits per heavy atom. The Hall–Kier alpha value is -2.67. The minimum absolute atomic E-state index is 0.327. The van der Waals surface area contributed by atoms with Crippen LogP contribution >= 0.6 is 11.3 Å². The van der Waals surface area contributed by atoms with Crippen LogP contribution in [0.1, 0.15) is 27.0 Å². The zero-order valence-corrected chi connectivity index (χ0v) is 12.6. The first-order chi connectivity index (χ1) is 10.6. The Bertz CT molecular complexity index is 656. The molecular weight excluding hydrogens is 302 g/mol. The zero-order valence-electron chi connectivity index (χ0n) is 11.8. The molecule has 0 aliphatic heterocycles. The highest BCUT2D eigenvalue weighted by Gasteiger charge is 2.17. The highest BCUT2D eigenvalue weighted by Crippen LogP contribution is 2.08. The molecule has 0 aliphatic carbocycles. The van der Waals surface area contributed by atoms with E-state index in [1.54, 1.807) is 47.8 Å². The quantitative estimate of drug-likeness (QED) is 0.743. The van der Waals surface area contributed by atoms with Gasteiger partial charge in [0.1, 0.15) is 6.04 Å². The second-order valence-corrected chi connectivity index (χ2v) is 5.43. The zero-order chi connectivity index (χ0) is 15.9. The minimum atomic E-state index is -0.773. The number of hydrogen-bond donors (Lipinski definition) is 3. The molecule has 1 aromatic heterocycles. The summed E-state index contributed by atoms with van der Waals surface area (Å²) in [4.78, 5) is 35.9. The number of nitrogens with one attached hydrogen (secondary N) is 3. The van der Waals surface area contributed by atoms with E-state index in [0.717, 1.165) is 0 Å². The lowest BCUT2D eigenvalue weighted by Crippen LogP contribution is -2.51. The maximum atomic E-state index is 11.8. The normalized spacial score (nSPS) is 11.3. The number of carbonyl (C=O) groups excluding carboxylic acids is 3. The van der Waals surface area contributed by atoms with Gasteiger partial charge in [-0.15, -0.1) is 11.3 Å². The van der Waals surface area contributed by atoms with Gasteiger partial charge in [-0.25, -0.2) is 0 Å². The SMILES string of the molecule is CC(NC(=O)c1cccs1)C(=O)NNC(=O)c1ccccc1. The fraction of sp³-hybridized carbons (Fsp3) is 0.133. The Morgan fingerprint density at radius 2 is 1.68 bits per heavy atom. The first kappa shape index (κ1) is 15.7. The molecule has 6 nitrogen and oxygen atoms in total. The topological polar surface area (TPSA) is 87.3 Å². The number of hydrazine groups is 1. The summed E-state index contributed by atoms with van der Waals surface area (Å²) in [6, 6.07) is 11.1. The number of benzene rings is 1. The van der Waals surface area contributed by atoms with Gasteiger partial charge in [-0.3, -0.25) is 25.2 Å². The van der Waals surface area contributed by atoms with Gasteiger partial charge >= 0.3 is 0 Å². The lowest BCUT2D eigenvalue weighted by Gasteiger charge is -2.14. The van der Waals surface area contributed by atoms with E-state index in [9.17, 15) is 14.4 Å². The molecule has 3 N–H and O–H groups in total. The molecule has 2 aromatic rings.